The Morgan fingerprint density at radius 3 is 2.55 bits per heavy atom. The molecule has 31 heavy (non-hydrogen) atoms. The fourth-order valence-electron chi connectivity index (χ4n) is 2.77. The molecule has 2 amide bonds. The van der Waals surface area contributed by atoms with E-state index in [-0.39, 0.29) is 13.3 Å². The van der Waals surface area contributed by atoms with E-state index in [2.05, 4.69) is 38.2 Å². The van der Waals surface area contributed by atoms with E-state index in [1.807, 2.05) is 6.07 Å². The lowest BCUT2D eigenvalue weighted by atomic mass is 10.1. The number of unbranched alkanes of at least 4 members (excludes halogenated alkanes) is 3. The number of rotatable bonds is 13. The van der Waals surface area contributed by atoms with Gasteiger partial charge in [0.05, 0.1) is 7.11 Å². The van der Waals surface area contributed by atoms with Crippen LogP contribution in [-0.2, 0) is 11.3 Å². The average molecular weight is 435 g/mol. The third-order valence-corrected chi connectivity index (χ3v) is 4.62. The Kier molecular flexibility index (Phi) is 14.9. The van der Waals surface area contributed by atoms with E-state index in [4.69, 9.17) is 9.47 Å². The zero-order valence-electron chi connectivity index (χ0n) is 19.2. The van der Waals surface area contributed by atoms with Crippen molar-refractivity contribution in [3.05, 3.63) is 35.9 Å². The fraction of sp³-hybridized carbons (Fsp3) is 0.600. The van der Waals surface area contributed by atoms with Gasteiger partial charge in [-0.3, -0.25) is 4.79 Å². The van der Waals surface area contributed by atoms with E-state index in [9.17, 15) is 9.59 Å². The van der Waals surface area contributed by atoms with Crippen molar-refractivity contribution in [1.29, 1.82) is 0 Å². The summed E-state index contributed by atoms with van der Waals surface area (Å²) in [6.45, 7) is 7.44. The molecular formula is C25H42N2O4. The minimum absolute atomic E-state index is 0. The number of benzene rings is 1. The Morgan fingerprint density at radius 2 is 1.90 bits per heavy atom. The summed E-state index contributed by atoms with van der Waals surface area (Å²) in [5, 5.41) is 2.93. The van der Waals surface area contributed by atoms with E-state index in [0.717, 1.165) is 37.7 Å². The standard InChI is InChI=1S/C24H38N2O4.CH4/c1-6-7-16-26(4)24(28)30-21-15-14-20(17-22(21)29-5)18-25-23(27)13-11-9-8-10-12-19(2)3;/h10,12,14-15,17,19H,6-9,11,13,16,18H2,1-5H3,(H,25,27);1H4/b12-10+;. The van der Waals surface area contributed by atoms with Crippen LogP contribution in [0.3, 0.4) is 0 Å². The number of amides is 2. The number of hydrogen-bond donors (Lipinski definition) is 1. The maximum Gasteiger partial charge on any atom is 0.415 e. The van der Waals surface area contributed by atoms with Gasteiger partial charge in [-0.1, -0.05) is 52.8 Å². The number of carbonyl (C=O) groups is 2. The van der Waals surface area contributed by atoms with Crippen LogP contribution in [0.25, 0.3) is 0 Å². The third kappa shape index (κ3) is 12.1. The smallest absolute Gasteiger partial charge is 0.415 e. The molecule has 0 unspecified atom stereocenters. The number of nitrogens with one attached hydrogen (secondary N) is 1. The topological polar surface area (TPSA) is 67.9 Å². The molecule has 0 heterocycles. The summed E-state index contributed by atoms with van der Waals surface area (Å²) in [7, 11) is 3.25. The molecule has 1 aromatic rings. The minimum atomic E-state index is -0.411. The van der Waals surface area contributed by atoms with Gasteiger partial charge in [-0.2, -0.15) is 0 Å². The first-order valence-corrected chi connectivity index (χ1v) is 10.9. The molecule has 1 rings (SSSR count). The Balaban J connectivity index is 0.00000900. The molecule has 176 valence electrons. The summed E-state index contributed by atoms with van der Waals surface area (Å²) in [6.07, 6.45) is 9.32. The van der Waals surface area contributed by atoms with E-state index >= 15 is 0 Å². The molecule has 0 aliphatic heterocycles. The molecule has 0 radical (unpaired) electrons. The normalized spacial score (nSPS) is 10.6. The van der Waals surface area contributed by atoms with Gasteiger partial charge in [0.25, 0.3) is 0 Å². The van der Waals surface area contributed by atoms with Crippen LogP contribution in [0.2, 0.25) is 0 Å². The number of methoxy groups -OCH3 is 1. The van der Waals surface area contributed by atoms with Gasteiger partial charge in [0.15, 0.2) is 11.5 Å². The van der Waals surface area contributed by atoms with E-state index in [1.165, 1.54) is 7.11 Å². The fourth-order valence-corrected chi connectivity index (χ4v) is 2.77. The number of ether oxygens (including phenoxy) is 2. The first-order chi connectivity index (χ1) is 14.4. The summed E-state index contributed by atoms with van der Waals surface area (Å²) < 4.78 is 10.8. The molecule has 0 spiro atoms. The first kappa shape index (κ1) is 28.5. The monoisotopic (exact) mass is 434 g/mol. The van der Waals surface area contributed by atoms with Crippen LogP contribution < -0.4 is 14.8 Å². The van der Waals surface area contributed by atoms with Gasteiger partial charge < -0.3 is 19.7 Å². The molecular weight excluding hydrogens is 392 g/mol. The van der Waals surface area contributed by atoms with Crippen LogP contribution in [0.4, 0.5) is 4.79 Å². The predicted octanol–water partition coefficient (Wildman–Crippen LogP) is 5.95. The molecule has 0 fully saturated rings. The van der Waals surface area contributed by atoms with Crippen LogP contribution in [0.15, 0.2) is 30.4 Å². The maximum absolute atomic E-state index is 12.2. The van der Waals surface area contributed by atoms with Gasteiger partial charge in [0.2, 0.25) is 5.91 Å². The Bertz CT molecular complexity index is 686. The molecule has 0 atom stereocenters. The van der Waals surface area contributed by atoms with E-state index in [0.29, 0.717) is 36.9 Å². The number of allylic oxidation sites excluding steroid dienone is 2. The van der Waals surface area contributed by atoms with E-state index < -0.39 is 6.09 Å². The Labute approximate surface area is 189 Å². The highest BCUT2D eigenvalue weighted by molar-refractivity contribution is 5.76. The minimum Gasteiger partial charge on any atom is -0.493 e. The molecule has 0 aromatic heterocycles. The first-order valence-electron chi connectivity index (χ1n) is 10.9. The lowest BCUT2D eigenvalue weighted by Gasteiger charge is -2.17. The van der Waals surface area contributed by atoms with Crippen molar-refractivity contribution in [3.8, 4) is 11.5 Å². The highest BCUT2D eigenvalue weighted by Gasteiger charge is 2.14. The largest absolute Gasteiger partial charge is 0.493 e. The summed E-state index contributed by atoms with van der Waals surface area (Å²) in [4.78, 5) is 25.8. The van der Waals surface area contributed by atoms with Crippen molar-refractivity contribution in [2.45, 2.75) is 73.3 Å². The maximum atomic E-state index is 12.2. The molecule has 1 aromatic carbocycles. The van der Waals surface area contributed by atoms with Gasteiger partial charge in [-0.15, -0.1) is 0 Å². The second-order valence-corrected chi connectivity index (χ2v) is 7.82. The number of carbonyl (C=O) groups excluding carboxylic acids is 2. The summed E-state index contributed by atoms with van der Waals surface area (Å²) >= 11 is 0. The van der Waals surface area contributed by atoms with Gasteiger partial charge in [0, 0.05) is 26.6 Å². The van der Waals surface area contributed by atoms with Crippen LogP contribution >= 0.6 is 0 Å². The van der Waals surface area contributed by atoms with Crippen molar-refractivity contribution < 1.29 is 19.1 Å². The Hall–Kier alpha value is -2.50. The number of hydrogen-bond acceptors (Lipinski definition) is 4. The molecule has 0 bridgehead atoms. The van der Waals surface area contributed by atoms with Crippen LogP contribution in [0.5, 0.6) is 11.5 Å². The Morgan fingerprint density at radius 1 is 1.16 bits per heavy atom. The molecule has 6 nitrogen and oxygen atoms in total. The number of nitrogens with zero attached hydrogens (tertiary/aromatic N) is 1. The lowest BCUT2D eigenvalue weighted by Crippen LogP contribution is -2.30. The molecule has 0 saturated heterocycles. The van der Waals surface area contributed by atoms with Crippen molar-refractivity contribution in [2.24, 2.45) is 5.92 Å². The summed E-state index contributed by atoms with van der Waals surface area (Å²) in [6, 6.07) is 5.31. The van der Waals surface area contributed by atoms with Crippen molar-refractivity contribution >= 4 is 12.0 Å². The van der Waals surface area contributed by atoms with Gasteiger partial charge >= 0.3 is 6.09 Å². The molecule has 0 aliphatic carbocycles. The quantitative estimate of drug-likeness (QED) is 0.308. The second-order valence-electron chi connectivity index (χ2n) is 7.82. The summed E-state index contributed by atoms with van der Waals surface area (Å²) in [5.41, 5.74) is 0.888. The van der Waals surface area contributed by atoms with Gasteiger partial charge in [-0.25, -0.2) is 4.79 Å². The highest BCUT2D eigenvalue weighted by Crippen LogP contribution is 2.28. The zero-order chi connectivity index (χ0) is 22.4. The molecule has 6 heteroatoms. The third-order valence-electron chi connectivity index (χ3n) is 4.62. The predicted molar refractivity (Wildman–Crippen MR) is 128 cm³/mol. The van der Waals surface area contributed by atoms with Crippen LogP contribution in [-0.4, -0.2) is 37.6 Å². The average Bonchev–Trinajstić information content (AvgIpc) is 2.73. The van der Waals surface area contributed by atoms with Crippen molar-refractivity contribution in [3.63, 3.8) is 0 Å². The highest BCUT2D eigenvalue weighted by atomic mass is 16.6. The van der Waals surface area contributed by atoms with Crippen molar-refractivity contribution in [2.75, 3.05) is 20.7 Å². The zero-order valence-corrected chi connectivity index (χ0v) is 19.2. The second kappa shape index (κ2) is 16.2. The van der Waals surface area contributed by atoms with Gasteiger partial charge in [-0.05, 0) is 49.3 Å². The molecule has 0 aliphatic rings. The van der Waals surface area contributed by atoms with Crippen molar-refractivity contribution in [1.82, 2.24) is 10.2 Å². The molecule has 1 N–H and O–H groups in total. The molecule has 0 saturated carbocycles. The van der Waals surface area contributed by atoms with Gasteiger partial charge in [0.1, 0.15) is 0 Å². The van der Waals surface area contributed by atoms with Crippen LogP contribution in [0, 0.1) is 5.92 Å². The van der Waals surface area contributed by atoms with Crippen LogP contribution in [0.1, 0.15) is 72.3 Å². The SMILES string of the molecule is C.CCCCN(C)C(=O)Oc1ccc(CNC(=O)CCCC/C=C/C(C)C)cc1OC. The lowest BCUT2D eigenvalue weighted by molar-refractivity contribution is -0.121. The summed E-state index contributed by atoms with van der Waals surface area (Å²) in [5.74, 6) is 1.45. The van der Waals surface area contributed by atoms with E-state index in [1.54, 1.807) is 24.1 Å².